The number of para-hydroxylation sites is 1. The molecule has 3 aromatic heterocycles. The van der Waals surface area contributed by atoms with Crippen molar-refractivity contribution in [2.45, 2.75) is 32.1 Å². The van der Waals surface area contributed by atoms with Crippen LogP contribution in [-0.4, -0.2) is 9.97 Å². The first-order chi connectivity index (χ1) is 26.0. The largest absolute Gasteiger partial charge is 0.456 e. The molecule has 0 saturated heterocycles. The van der Waals surface area contributed by atoms with Gasteiger partial charge in [0.05, 0.1) is 0 Å². The smallest absolute Gasteiger partial charge is 0.180 e. The Hall–Kier alpha value is -6.52. The van der Waals surface area contributed by atoms with Crippen LogP contribution in [-0.2, 0) is 5.41 Å². The van der Waals surface area contributed by atoms with Gasteiger partial charge in [0.15, 0.2) is 11.4 Å². The summed E-state index contributed by atoms with van der Waals surface area (Å²) in [6.07, 6.45) is 6.81. The van der Waals surface area contributed by atoms with Gasteiger partial charge in [-0.3, -0.25) is 0 Å². The molecule has 0 aliphatic heterocycles. The van der Waals surface area contributed by atoms with Crippen molar-refractivity contribution in [1.82, 2.24) is 9.97 Å². The van der Waals surface area contributed by atoms with E-state index in [2.05, 4.69) is 129 Å². The zero-order chi connectivity index (χ0) is 35.3. The minimum absolute atomic E-state index is 0.0923. The third-order valence-electron chi connectivity index (χ3n) is 11.4. The first kappa shape index (κ1) is 30.1. The van der Waals surface area contributed by atoms with Crippen molar-refractivity contribution in [2.75, 3.05) is 0 Å². The van der Waals surface area contributed by atoms with Gasteiger partial charge >= 0.3 is 0 Å². The molecule has 0 unspecified atom stereocenters. The highest BCUT2D eigenvalue weighted by Crippen LogP contribution is 2.51. The molecule has 0 saturated carbocycles. The quantitative estimate of drug-likeness (QED) is 0.185. The van der Waals surface area contributed by atoms with Gasteiger partial charge in [-0.15, -0.1) is 0 Å². The molecular weight excluding hydrogens is 649 g/mol. The van der Waals surface area contributed by atoms with E-state index >= 15 is 0 Å². The van der Waals surface area contributed by atoms with Crippen molar-refractivity contribution in [1.29, 1.82) is 0 Å². The van der Waals surface area contributed by atoms with Gasteiger partial charge in [0.1, 0.15) is 28.0 Å². The van der Waals surface area contributed by atoms with Gasteiger partial charge in [0.25, 0.3) is 0 Å². The topological polar surface area (TPSA) is 52.1 Å². The number of nitrogens with zero attached hydrogens (tertiary/aromatic N) is 2. The Morgan fingerprint density at radius 3 is 2.19 bits per heavy atom. The summed E-state index contributed by atoms with van der Waals surface area (Å²) >= 11 is 0. The summed E-state index contributed by atoms with van der Waals surface area (Å²) in [5, 5.41) is 3.01. The molecule has 0 radical (unpaired) electrons. The van der Waals surface area contributed by atoms with Crippen molar-refractivity contribution < 1.29 is 8.83 Å². The monoisotopic (exact) mass is 682 g/mol. The highest BCUT2D eigenvalue weighted by molar-refractivity contribution is 6.16. The molecule has 0 amide bonds. The van der Waals surface area contributed by atoms with Crippen LogP contribution in [0.3, 0.4) is 0 Å². The molecule has 6 aromatic carbocycles. The lowest BCUT2D eigenvalue weighted by Crippen LogP contribution is -2.16. The van der Waals surface area contributed by atoms with Crippen LogP contribution in [0.15, 0.2) is 160 Å². The minimum atomic E-state index is -0.0923. The van der Waals surface area contributed by atoms with Crippen LogP contribution in [0.25, 0.3) is 94.5 Å². The van der Waals surface area contributed by atoms with Gasteiger partial charge < -0.3 is 8.83 Å². The van der Waals surface area contributed by atoms with Crippen LogP contribution in [0.1, 0.15) is 37.8 Å². The van der Waals surface area contributed by atoms with E-state index in [0.717, 1.165) is 73.7 Å². The highest BCUT2D eigenvalue weighted by Gasteiger charge is 2.37. The molecule has 0 fully saturated rings. The molecule has 53 heavy (non-hydrogen) atoms. The average Bonchev–Trinajstić information content (AvgIpc) is 3.85. The fraction of sp³-hybridized carbons (Fsp3) is 0.102. The Kier molecular flexibility index (Phi) is 6.39. The number of furan rings is 2. The van der Waals surface area contributed by atoms with Gasteiger partial charge in [-0.1, -0.05) is 123 Å². The lowest BCUT2D eigenvalue weighted by atomic mass is 9.79. The van der Waals surface area contributed by atoms with Gasteiger partial charge in [-0.25, -0.2) is 9.97 Å². The molecule has 2 aliphatic rings. The van der Waals surface area contributed by atoms with Crippen LogP contribution in [0.2, 0.25) is 0 Å². The molecule has 252 valence electrons. The van der Waals surface area contributed by atoms with E-state index in [1.807, 2.05) is 30.3 Å². The summed E-state index contributed by atoms with van der Waals surface area (Å²) in [7, 11) is 0. The predicted molar refractivity (Wildman–Crippen MR) is 217 cm³/mol. The van der Waals surface area contributed by atoms with Gasteiger partial charge in [-0.05, 0) is 93.8 Å². The third-order valence-corrected chi connectivity index (χ3v) is 11.4. The van der Waals surface area contributed by atoms with E-state index in [1.54, 1.807) is 0 Å². The fourth-order valence-corrected chi connectivity index (χ4v) is 8.84. The summed E-state index contributed by atoms with van der Waals surface area (Å²) < 4.78 is 13.2. The second-order valence-electron chi connectivity index (χ2n) is 14.8. The molecule has 4 heteroatoms. The van der Waals surface area contributed by atoms with Gasteiger partial charge in [0, 0.05) is 32.7 Å². The molecular formula is C49H34N2O2. The van der Waals surface area contributed by atoms with Crippen molar-refractivity contribution in [2.24, 2.45) is 0 Å². The van der Waals surface area contributed by atoms with Crippen LogP contribution in [0.5, 0.6) is 0 Å². The summed E-state index contributed by atoms with van der Waals surface area (Å²) in [5.74, 6) is 0.681. The Labute approximate surface area is 306 Å². The summed E-state index contributed by atoms with van der Waals surface area (Å²) in [5.41, 5.74) is 16.8. The number of aromatic nitrogens is 2. The van der Waals surface area contributed by atoms with Crippen LogP contribution in [0.4, 0.5) is 0 Å². The number of hydrogen-bond acceptors (Lipinski definition) is 4. The van der Waals surface area contributed by atoms with E-state index in [4.69, 9.17) is 18.8 Å². The zero-order valence-electron chi connectivity index (χ0n) is 29.5. The number of fused-ring (bicyclic) bond motifs is 8. The number of allylic oxidation sites excluding steroid dienone is 4. The van der Waals surface area contributed by atoms with Crippen LogP contribution < -0.4 is 0 Å². The van der Waals surface area contributed by atoms with Gasteiger partial charge in [-0.2, -0.15) is 0 Å². The standard InChI is InChI=1S/C49H34N2O2/c1-49(2)39-20-10-8-17-34(39)35-25-23-31(28-40(35)49)48-50-45-36-18-9-11-21-41(36)53-47(45)46(51-48)37-19-12-22-43-44(37)38-27-30(24-26-42(38)52-43)33-16-7-6-15-32(33)29-13-4-3-5-14-29/h3-7,9-16,18-28H,8,17H2,1-2H3. The van der Waals surface area contributed by atoms with Crippen LogP contribution in [0, 0.1) is 0 Å². The maximum atomic E-state index is 6.63. The molecule has 2 aliphatic carbocycles. The maximum Gasteiger partial charge on any atom is 0.180 e. The Balaban J connectivity index is 1.14. The summed E-state index contributed by atoms with van der Waals surface area (Å²) in [6, 6.07) is 46.8. The molecule has 4 nitrogen and oxygen atoms in total. The normalized spacial score (nSPS) is 14.8. The molecule has 0 atom stereocenters. The first-order valence-corrected chi connectivity index (χ1v) is 18.4. The second-order valence-corrected chi connectivity index (χ2v) is 14.8. The third kappa shape index (κ3) is 4.48. The van der Waals surface area contributed by atoms with E-state index in [1.165, 1.54) is 39.0 Å². The Morgan fingerprint density at radius 2 is 1.30 bits per heavy atom. The van der Waals surface area contributed by atoms with Gasteiger partial charge in [0.2, 0.25) is 0 Å². The second kappa shape index (κ2) is 11.2. The number of hydrogen-bond donors (Lipinski definition) is 0. The highest BCUT2D eigenvalue weighted by atomic mass is 16.3. The Morgan fingerprint density at radius 1 is 0.566 bits per heavy atom. The van der Waals surface area contributed by atoms with Crippen molar-refractivity contribution >= 4 is 49.6 Å². The average molecular weight is 683 g/mol. The lowest BCUT2D eigenvalue weighted by molar-refractivity contribution is 0.651. The van der Waals surface area contributed by atoms with Crippen LogP contribution >= 0.6 is 0 Å². The van der Waals surface area contributed by atoms with E-state index in [0.29, 0.717) is 11.4 Å². The molecule has 0 spiro atoms. The lowest BCUT2D eigenvalue weighted by Gasteiger charge is -2.24. The molecule has 0 bridgehead atoms. The maximum absolute atomic E-state index is 6.63. The van der Waals surface area contributed by atoms with E-state index < -0.39 is 0 Å². The molecule has 9 aromatic rings. The minimum Gasteiger partial charge on any atom is -0.456 e. The molecule has 0 N–H and O–H groups in total. The van der Waals surface area contributed by atoms with E-state index in [9.17, 15) is 0 Å². The SMILES string of the molecule is CC1(C)C2=C(CCC=C2)c2ccc(-c3nc(-c4cccc5oc6ccc(-c7ccccc7-c7ccccc7)cc6c45)c4oc5ccccc5c4n3)cc21. The zero-order valence-corrected chi connectivity index (χ0v) is 29.5. The summed E-state index contributed by atoms with van der Waals surface area (Å²) in [6.45, 7) is 4.67. The van der Waals surface area contributed by atoms with Crippen molar-refractivity contribution in [3.05, 3.63) is 162 Å². The first-order valence-electron chi connectivity index (χ1n) is 18.4. The fourth-order valence-electron chi connectivity index (χ4n) is 8.84. The Bertz CT molecular complexity index is 3030. The molecule has 3 heterocycles. The summed E-state index contributed by atoms with van der Waals surface area (Å²) in [4.78, 5) is 10.6. The van der Waals surface area contributed by atoms with Crippen molar-refractivity contribution in [3.8, 4) is 44.9 Å². The van der Waals surface area contributed by atoms with E-state index in [-0.39, 0.29) is 5.41 Å². The van der Waals surface area contributed by atoms with Crippen molar-refractivity contribution in [3.63, 3.8) is 0 Å². The number of rotatable bonds is 4. The molecule has 11 rings (SSSR count). The number of benzene rings is 6. The predicted octanol–water partition coefficient (Wildman–Crippen LogP) is 13.3.